The SMILES string of the molecule is c1ccc([Si](c2ccccc2)(c2ccccc2)c2ccccc2-c2ccc3c(c2)Oc2cc(-n4c5ccccc5c5ccccc54)cc4c2B3Sc2ccccc2-4)cc1. The lowest BCUT2D eigenvalue weighted by atomic mass is 9.57. The number of aromatic nitrogens is 1. The van der Waals surface area contributed by atoms with Gasteiger partial charge in [-0.3, -0.25) is 0 Å². The molecule has 3 heterocycles. The molecule has 0 atom stereocenters. The maximum atomic E-state index is 7.23. The summed E-state index contributed by atoms with van der Waals surface area (Å²) in [6.45, 7) is 0. The van der Waals surface area contributed by atoms with Gasteiger partial charge in [-0.1, -0.05) is 182 Å². The average Bonchev–Trinajstić information content (AvgIpc) is 3.65. The lowest BCUT2D eigenvalue weighted by Crippen LogP contribution is -2.75. The minimum absolute atomic E-state index is 0.0987. The summed E-state index contributed by atoms with van der Waals surface area (Å²) in [6.07, 6.45) is 0. The highest BCUT2D eigenvalue weighted by atomic mass is 32.2. The Kier molecular flexibility index (Phi) is 7.94. The summed E-state index contributed by atoms with van der Waals surface area (Å²) < 4.78 is 9.64. The van der Waals surface area contributed by atoms with Crippen LogP contribution in [0.2, 0.25) is 0 Å². The molecule has 2 nitrogen and oxygen atoms in total. The van der Waals surface area contributed by atoms with Crippen molar-refractivity contribution < 1.29 is 4.74 Å². The van der Waals surface area contributed by atoms with E-state index in [9.17, 15) is 0 Å². The molecule has 12 rings (SSSR count). The van der Waals surface area contributed by atoms with Crippen molar-refractivity contribution in [1.29, 1.82) is 0 Å². The van der Waals surface area contributed by atoms with Gasteiger partial charge < -0.3 is 9.30 Å². The fourth-order valence-corrected chi connectivity index (χ4v) is 16.3. The van der Waals surface area contributed by atoms with Crippen molar-refractivity contribution in [3.05, 3.63) is 218 Å². The lowest BCUT2D eigenvalue weighted by molar-refractivity contribution is 0.488. The van der Waals surface area contributed by atoms with Crippen molar-refractivity contribution in [3.63, 3.8) is 0 Å². The van der Waals surface area contributed by atoms with Gasteiger partial charge >= 0.3 is 0 Å². The quantitative estimate of drug-likeness (QED) is 0.123. The van der Waals surface area contributed by atoms with Gasteiger partial charge in [-0.2, -0.15) is 11.6 Å². The first-order valence-electron chi connectivity index (χ1n) is 20.3. The van der Waals surface area contributed by atoms with Crippen LogP contribution in [0.15, 0.2) is 223 Å². The van der Waals surface area contributed by atoms with E-state index in [4.69, 9.17) is 4.74 Å². The van der Waals surface area contributed by atoms with Gasteiger partial charge in [-0.05, 0) is 84.3 Å². The molecule has 10 aromatic rings. The molecule has 0 bridgehead atoms. The minimum Gasteiger partial charge on any atom is -0.458 e. The Hall–Kier alpha value is -6.79. The Morgan fingerprint density at radius 3 is 1.63 bits per heavy atom. The second-order valence-corrected chi connectivity index (χ2v) is 20.4. The molecule has 0 aliphatic carbocycles. The molecule has 0 saturated carbocycles. The second kappa shape index (κ2) is 13.7. The first-order valence-corrected chi connectivity index (χ1v) is 23.2. The van der Waals surface area contributed by atoms with Crippen LogP contribution < -0.4 is 36.4 Å². The van der Waals surface area contributed by atoms with Gasteiger partial charge in [0.25, 0.3) is 5.99 Å². The zero-order valence-electron chi connectivity index (χ0n) is 32.1. The van der Waals surface area contributed by atoms with Crippen molar-refractivity contribution in [2.75, 3.05) is 0 Å². The van der Waals surface area contributed by atoms with Gasteiger partial charge in [-0.25, -0.2) is 0 Å². The first kappa shape index (κ1) is 34.3. The van der Waals surface area contributed by atoms with Crippen molar-refractivity contribution >= 4 is 79.2 Å². The van der Waals surface area contributed by atoms with Crippen LogP contribution in [-0.2, 0) is 0 Å². The number of hydrogen-bond acceptors (Lipinski definition) is 2. The van der Waals surface area contributed by atoms with Crippen LogP contribution in [0, 0.1) is 0 Å². The molecule has 2 aliphatic heterocycles. The summed E-state index contributed by atoms with van der Waals surface area (Å²) in [5, 5.41) is 7.93. The summed E-state index contributed by atoms with van der Waals surface area (Å²) in [7, 11) is -2.81. The number of ether oxygens (including phenoxy) is 1. The van der Waals surface area contributed by atoms with Crippen LogP contribution in [0.4, 0.5) is 0 Å². The number of rotatable bonds is 6. The standard InChI is InChI=1S/C54H36BNOSSi/c1-4-18-39(19-5-1)59(40-20-6-2-7-21-40,41-22-8-3-9-23-41)53-31-17-13-24-42(53)37-32-33-47-50(34-37)57-51-36-38(35-46-45-27-12-16-30-52(45)58-55(47)54(46)51)56-48-28-14-10-25-43(48)44-26-11-15-29-49(44)56/h1-36H. The minimum atomic E-state index is -2.81. The summed E-state index contributed by atoms with van der Waals surface area (Å²) >= 11 is 1.94. The number of hydrogen-bond donors (Lipinski definition) is 0. The van der Waals surface area contributed by atoms with Crippen molar-refractivity contribution in [2.24, 2.45) is 0 Å². The fraction of sp³-hybridized carbons (Fsp3) is 0. The molecule has 5 heteroatoms. The molecule has 0 fully saturated rings. The number of fused-ring (bicyclic) bond motifs is 7. The zero-order chi connectivity index (χ0) is 38.9. The Bertz CT molecular complexity index is 3090. The Morgan fingerprint density at radius 2 is 0.983 bits per heavy atom. The van der Waals surface area contributed by atoms with E-state index in [1.807, 2.05) is 11.6 Å². The molecule has 0 amide bonds. The molecule has 59 heavy (non-hydrogen) atoms. The van der Waals surface area contributed by atoms with Crippen LogP contribution >= 0.6 is 11.6 Å². The van der Waals surface area contributed by atoms with E-state index in [1.54, 1.807) is 0 Å². The van der Waals surface area contributed by atoms with E-state index in [2.05, 4.69) is 223 Å². The maximum absolute atomic E-state index is 7.23. The molecule has 0 spiro atoms. The highest BCUT2D eigenvalue weighted by Crippen LogP contribution is 2.45. The molecule has 0 saturated heterocycles. The van der Waals surface area contributed by atoms with E-state index >= 15 is 0 Å². The number of para-hydroxylation sites is 2. The van der Waals surface area contributed by atoms with Crippen molar-refractivity contribution in [3.8, 4) is 39.4 Å². The summed E-state index contributed by atoms with van der Waals surface area (Å²) in [6, 6.07) is 80.6. The van der Waals surface area contributed by atoms with Crippen LogP contribution in [0.3, 0.4) is 0 Å². The molecule has 0 unspecified atom stereocenters. The van der Waals surface area contributed by atoms with Crippen molar-refractivity contribution in [1.82, 2.24) is 4.57 Å². The summed E-state index contributed by atoms with van der Waals surface area (Å²) in [5.74, 6) is 1.94. The van der Waals surface area contributed by atoms with Crippen LogP contribution in [0.25, 0.3) is 49.7 Å². The van der Waals surface area contributed by atoms with E-state index in [0.29, 0.717) is 0 Å². The van der Waals surface area contributed by atoms with Gasteiger partial charge in [0.05, 0.1) is 16.7 Å². The average molecular weight is 786 g/mol. The Morgan fingerprint density at radius 1 is 0.441 bits per heavy atom. The highest BCUT2D eigenvalue weighted by Gasteiger charge is 2.43. The molecule has 0 radical (unpaired) electrons. The zero-order valence-corrected chi connectivity index (χ0v) is 33.9. The molecule has 0 N–H and O–H groups in total. The topological polar surface area (TPSA) is 14.2 Å². The van der Waals surface area contributed by atoms with Gasteiger partial charge in [0.1, 0.15) is 11.5 Å². The first-order chi connectivity index (χ1) is 29.3. The highest BCUT2D eigenvalue weighted by molar-refractivity contribution is 8.28. The van der Waals surface area contributed by atoms with Gasteiger partial charge in [0.2, 0.25) is 0 Å². The molecular weight excluding hydrogens is 750 g/mol. The molecule has 1 aromatic heterocycles. The number of benzene rings is 9. The molecule has 2 aliphatic rings. The van der Waals surface area contributed by atoms with Gasteiger partial charge in [0.15, 0.2) is 8.07 Å². The van der Waals surface area contributed by atoms with Crippen LogP contribution in [0.1, 0.15) is 0 Å². The van der Waals surface area contributed by atoms with E-state index < -0.39 is 8.07 Å². The molecule has 276 valence electrons. The second-order valence-electron chi connectivity index (χ2n) is 15.5. The monoisotopic (exact) mass is 785 g/mol. The van der Waals surface area contributed by atoms with Crippen molar-refractivity contribution in [2.45, 2.75) is 4.90 Å². The summed E-state index contributed by atoms with van der Waals surface area (Å²) in [5.41, 5.74) is 10.8. The van der Waals surface area contributed by atoms with E-state index in [0.717, 1.165) is 22.7 Å². The maximum Gasteiger partial charge on any atom is 0.289 e. The molecular formula is C54H36BNOSSi. The molecule has 9 aromatic carbocycles. The Balaban J connectivity index is 1.07. The fourth-order valence-electron chi connectivity index (χ4n) is 9.93. The predicted octanol–water partition coefficient (Wildman–Crippen LogP) is 9.81. The Labute approximate surface area is 349 Å². The van der Waals surface area contributed by atoms with Crippen LogP contribution in [0.5, 0.6) is 11.5 Å². The van der Waals surface area contributed by atoms with E-state index in [-0.39, 0.29) is 5.99 Å². The van der Waals surface area contributed by atoms with E-state index in [1.165, 1.54) is 75.1 Å². The smallest absolute Gasteiger partial charge is 0.289 e. The largest absolute Gasteiger partial charge is 0.458 e. The summed E-state index contributed by atoms with van der Waals surface area (Å²) in [4.78, 5) is 1.29. The van der Waals surface area contributed by atoms with Gasteiger partial charge in [0, 0.05) is 21.7 Å². The lowest BCUT2D eigenvalue weighted by Gasteiger charge is -2.36. The normalized spacial score (nSPS) is 12.8. The third-order valence-corrected chi connectivity index (χ3v) is 18.6. The third kappa shape index (κ3) is 5.22. The van der Waals surface area contributed by atoms with Crippen LogP contribution in [-0.4, -0.2) is 18.6 Å². The predicted molar refractivity (Wildman–Crippen MR) is 253 cm³/mol. The third-order valence-electron chi connectivity index (χ3n) is 12.4. The van der Waals surface area contributed by atoms with Gasteiger partial charge in [-0.15, -0.1) is 0 Å². The number of nitrogens with zero attached hydrogens (tertiary/aromatic N) is 1.